The third-order valence-corrected chi connectivity index (χ3v) is 12.1. The van der Waals surface area contributed by atoms with E-state index in [-0.39, 0.29) is 6.61 Å². The van der Waals surface area contributed by atoms with Gasteiger partial charge in [-0.15, -0.1) is 0 Å². The first-order chi connectivity index (χ1) is 27.7. The highest BCUT2D eigenvalue weighted by atomic mass is 16.5. The summed E-state index contributed by atoms with van der Waals surface area (Å²) in [5, 5.41) is 9.56. The lowest BCUT2D eigenvalue weighted by Gasteiger charge is -2.35. The average molecular weight is 798 g/mol. The summed E-state index contributed by atoms with van der Waals surface area (Å²) in [5.74, 6) is 2.49. The van der Waals surface area contributed by atoms with E-state index in [1.54, 1.807) is 0 Å². The molecule has 0 heterocycles. The number of ether oxygens (including phenoxy) is 4. The first kappa shape index (κ1) is 55.8. The zero-order chi connectivity index (χ0) is 40.8. The Morgan fingerprint density at radius 2 is 0.643 bits per heavy atom. The van der Waals surface area contributed by atoms with Crippen molar-refractivity contribution in [3.63, 3.8) is 0 Å². The van der Waals surface area contributed by atoms with Gasteiger partial charge in [0.25, 0.3) is 0 Å². The van der Waals surface area contributed by atoms with Gasteiger partial charge < -0.3 is 24.1 Å². The molecule has 0 spiro atoms. The van der Waals surface area contributed by atoms with E-state index >= 15 is 0 Å². The predicted molar refractivity (Wildman–Crippen MR) is 244 cm³/mol. The topological polar surface area (TPSA) is 60.4 Å². The van der Waals surface area contributed by atoms with Crippen LogP contribution in [0.15, 0.2) is 0 Å². The quantitative estimate of drug-likeness (QED) is 0.0619. The Balaban J connectivity index is 5.40. The van der Waals surface area contributed by atoms with Crippen LogP contribution in [-0.4, -0.2) is 89.1 Å². The Kier molecular flexibility index (Phi) is 47.2. The molecule has 0 aromatic rings. The first-order valence-corrected chi connectivity index (χ1v) is 25.3. The molecule has 56 heavy (non-hydrogen) atoms. The molecule has 0 rings (SSSR count). The summed E-state index contributed by atoms with van der Waals surface area (Å²) in [6.45, 7) is 19.4. The SMILES string of the molecule is CCCCCCCCC(CCCCCCCC)C(CCOCCOCCN(CCO)CCOCCOCCC)C(CCCCCCCC)CCCCCCCC. The van der Waals surface area contributed by atoms with Crippen LogP contribution in [0.4, 0.5) is 0 Å². The number of aliphatic hydroxyl groups is 1. The van der Waals surface area contributed by atoms with Gasteiger partial charge in [0.15, 0.2) is 0 Å². The van der Waals surface area contributed by atoms with Crippen LogP contribution >= 0.6 is 0 Å². The molecule has 6 nitrogen and oxygen atoms in total. The third kappa shape index (κ3) is 38.0. The van der Waals surface area contributed by atoms with Crippen molar-refractivity contribution in [1.29, 1.82) is 0 Å². The van der Waals surface area contributed by atoms with Crippen LogP contribution in [0.2, 0.25) is 0 Å². The monoisotopic (exact) mass is 798 g/mol. The molecule has 338 valence electrons. The molecule has 0 saturated carbocycles. The van der Waals surface area contributed by atoms with Gasteiger partial charge in [-0.1, -0.05) is 214 Å². The summed E-state index contributed by atoms with van der Waals surface area (Å²) in [6, 6.07) is 0. The molecule has 0 unspecified atom stereocenters. The Bertz CT molecular complexity index is 643. The molecular formula is C50H103NO5. The van der Waals surface area contributed by atoms with Crippen molar-refractivity contribution in [3.05, 3.63) is 0 Å². The Morgan fingerprint density at radius 1 is 0.321 bits per heavy atom. The summed E-state index contributed by atoms with van der Waals surface area (Å²) < 4.78 is 23.7. The van der Waals surface area contributed by atoms with E-state index in [0.29, 0.717) is 46.2 Å². The van der Waals surface area contributed by atoms with Gasteiger partial charge in [-0.25, -0.2) is 0 Å². The van der Waals surface area contributed by atoms with E-state index in [1.165, 1.54) is 186 Å². The summed E-state index contributed by atoms with van der Waals surface area (Å²) in [7, 11) is 0. The summed E-state index contributed by atoms with van der Waals surface area (Å²) in [5.41, 5.74) is 0. The van der Waals surface area contributed by atoms with E-state index in [4.69, 9.17) is 18.9 Å². The number of unbranched alkanes of at least 4 members (excludes halogenated alkanes) is 20. The van der Waals surface area contributed by atoms with Crippen molar-refractivity contribution in [3.8, 4) is 0 Å². The predicted octanol–water partition coefficient (Wildman–Crippen LogP) is 14.0. The number of hydrogen-bond acceptors (Lipinski definition) is 6. The van der Waals surface area contributed by atoms with Crippen molar-refractivity contribution >= 4 is 0 Å². The molecule has 0 aliphatic rings. The average Bonchev–Trinajstić information content (AvgIpc) is 3.20. The minimum absolute atomic E-state index is 0.154. The van der Waals surface area contributed by atoms with Gasteiger partial charge in [0.05, 0.1) is 46.2 Å². The second kappa shape index (κ2) is 47.4. The van der Waals surface area contributed by atoms with Crippen molar-refractivity contribution in [2.45, 2.75) is 227 Å². The zero-order valence-corrected chi connectivity index (χ0v) is 39.0. The van der Waals surface area contributed by atoms with Crippen molar-refractivity contribution in [2.75, 3.05) is 79.1 Å². The molecule has 0 atom stereocenters. The maximum atomic E-state index is 9.56. The van der Waals surface area contributed by atoms with Crippen LogP contribution in [0.25, 0.3) is 0 Å². The van der Waals surface area contributed by atoms with Crippen molar-refractivity contribution in [2.24, 2.45) is 17.8 Å². The molecule has 0 saturated heterocycles. The highest BCUT2D eigenvalue weighted by Gasteiger charge is 2.28. The number of aliphatic hydroxyl groups excluding tert-OH is 1. The van der Waals surface area contributed by atoms with E-state index in [0.717, 1.165) is 50.5 Å². The summed E-state index contributed by atoms with van der Waals surface area (Å²) >= 11 is 0. The van der Waals surface area contributed by atoms with Gasteiger partial charge in [0, 0.05) is 32.8 Å². The van der Waals surface area contributed by atoms with Crippen LogP contribution < -0.4 is 0 Å². The molecule has 0 aromatic heterocycles. The standard InChI is InChI=1S/C50H103NO5/c1-6-11-15-19-23-27-31-48(32-28-24-20-16-12-7-2)50(49(33-29-25-21-17-13-8-3)34-30-26-22-18-14-9-4)35-41-54-45-47-56-43-38-51(36-39-52)37-42-55-46-44-53-40-10-5/h48-50,52H,6-47H2,1-5H3. The Labute approximate surface area is 352 Å². The van der Waals surface area contributed by atoms with Gasteiger partial charge in [-0.05, 0) is 30.6 Å². The van der Waals surface area contributed by atoms with Crippen molar-refractivity contribution in [1.82, 2.24) is 4.90 Å². The summed E-state index contributed by atoms with van der Waals surface area (Å²) in [6.07, 6.45) is 41.6. The van der Waals surface area contributed by atoms with Gasteiger partial charge in [-0.3, -0.25) is 4.90 Å². The van der Waals surface area contributed by atoms with E-state index in [1.807, 2.05) is 0 Å². The lowest BCUT2D eigenvalue weighted by Crippen LogP contribution is -2.34. The Hall–Kier alpha value is -0.240. The minimum atomic E-state index is 0.154. The molecule has 6 heteroatoms. The third-order valence-electron chi connectivity index (χ3n) is 12.1. The minimum Gasteiger partial charge on any atom is -0.395 e. The molecule has 0 bridgehead atoms. The van der Waals surface area contributed by atoms with Gasteiger partial charge in [0.2, 0.25) is 0 Å². The maximum Gasteiger partial charge on any atom is 0.0701 e. The fraction of sp³-hybridized carbons (Fsp3) is 1.00. The Morgan fingerprint density at radius 3 is 0.982 bits per heavy atom. The molecule has 0 aliphatic carbocycles. The van der Waals surface area contributed by atoms with E-state index < -0.39 is 0 Å². The van der Waals surface area contributed by atoms with Crippen LogP contribution in [0.3, 0.4) is 0 Å². The van der Waals surface area contributed by atoms with Crippen LogP contribution in [-0.2, 0) is 18.9 Å². The molecule has 0 aromatic carbocycles. The highest BCUT2D eigenvalue weighted by Crippen LogP contribution is 2.38. The molecular weight excluding hydrogens is 695 g/mol. The smallest absolute Gasteiger partial charge is 0.0701 e. The van der Waals surface area contributed by atoms with Crippen LogP contribution in [0.5, 0.6) is 0 Å². The van der Waals surface area contributed by atoms with Crippen LogP contribution in [0, 0.1) is 17.8 Å². The molecule has 1 N–H and O–H groups in total. The number of nitrogens with zero attached hydrogens (tertiary/aromatic N) is 1. The van der Waals surface area contributed by atoms with Gasteiger partial charge >= 0.3 is 0 Å². The largest absolute Gasteiger partial charge is 0.395 e. The lowest BCUT2D eigenvalue weighted by atomic mass is 9.71. The zero-order valence-electron chi connectivity index (χ0n) is 39.0. The molecule has 0 radical (unpaired) electrons. The normalized spacial score (nSPS) is 12.1. The first-order valence-electron chi connectivity index (χ1n) is 25.3. The fourth-order valence-corrected chi connectivity index (χ4v) is 8.62. The highest BCUT2D eigenvalue weighted by molar-refractivity contribution is 4.79. The lowest BCUT2D eigenvalue weighted by molar-refractivity contribution is 0.0159. The summed E-state index contributed by atoms with van der Waals surface area (Å²) in [4.78, 5) is 2.22. The second-order valence-electron chi connectivity index (χ2n) is 17.2. The molecule has 0 fully saturated rings. The molecule has 0 aliphatic heterocycles. The van der Waals surface area contributed by atoms with Crippen LogP contribution in [0.1, 0.15) is 227 Å². The molecule has 0 amide bonds. The van der Waals surface area contributed by atoms with E-state index in [2.05, 4.69) is 39.5 Å². The fourth-order valence-electron chi connectivity index (χ4n) is 8.62. The second-order valence-corrected chi connectivity index (χ2v) is 17.2. The number of rotatable bonds is 49. The maximum absolute atomic E-state index is 9.56. The number of hydrogen-bond donors (Lipinski definition) is 1. The van der Waals surface area contributed by atoms with Gasteiger partial charge in [-0.2, -0.15) is 0 Å². The van der Waals surface area contributed by atoms with Gasteiger partial charge in [0.1, 0.15) is 0 Å². The van der Waals surface area contributed by atoms with E-state index in [9.17, 15) is 5.11 Å². The van der Waals surface area contributed by atoms with Crippen molar-refractivity contribution < 1.29 is 24.1 Å².